The Morgan fingerprint density at radius 1 is 0.486 bits per heavy atom. The van der Waals surface area contributed by atoms with Crippen LogP contribution in [0.3, 0.4) is 0 Å². The third-order valence-corrected chi connectivity index (χ3v) is 11.4. The fourth-order valence-corrected chi connectivity index (χ4v) is 9.79. The number of halogens is 1. The van der Waals surface area contributed by atoms with E-state index in [4.69, 9.17) is 5.10 Å². The number of hydrogen-bond donors (Lipinski definition) is 1. The van der Waals surface area contributed by atoms with Gasteiger partial charge in [-0.2, -0.15) is 0 Å². The van der Waals surface area contributed by atoms with Crippen molar-refractivity contribution in [2.24, 2.45) is 5.10 Å². The predicted octanol–water partition coefficient (Wildman–Crippen LogP) is 3.24. The Labute approximate surface area is 230 Å². The highest BCUT2D eigenvalue weighted by Crippen LogP contribution is 2.60. The molecule has 0 atom stereocenters. The summed E-state index contributed by atoms with van der Waals surface area (Å²) >= 11 is 0. The van der Waals surface area contributed by atoms with Gasteiger partial charge < -0.3 is 17.0 Å². The van der Waals surface area contributed by atoms with E-state index in [1.54, 1.807) is 0 Å². The first kappa shape index (κ1) is 25.1. The van der Waals surface area contributed by atoms with E-state index in [1.807, 2.05) is 0 Å². The van der Waals surface area contributed by atoms with Crippen LogP contribution in [0, 0.1) is 0 Å². The maximum atomic E-state index is 5.26. The lowest BCUT2D eigenvalue weighted by Crippen LogP contribution is -3.00. The van der Waals surface area contributed by atoms with Gasteiger partial charge in [-0.05, 0) is 47.5 Å². The second kappa shape index (κ2) is 10.8. The largest absolute Gasteiger partial charge is 1.00 e. The molecule has 0 unspecified atom stereocenters. The standard InChI is InChI=1S/C33H28N2P.BrH/c1-6-16-27(17-7-1)33(28-18-8-2-9-19-28)26-32(34-35-33)36(29-20-10-3-11-21-29,30-22-12-4-13-23-30)31-24-14-5-15-25-31;/h1-25,35H,26H2;1H/q+1;/p-1. The first-order valence-corrected chi connectivity index (χ1v) is 14.1. The second-order valence-electron chi connectivity index (χ2n) is 9.13. The molecule has 0 saturated carbocycles. The molecule has 1 N–H and O–H groups in total. The van der Waals surface area contributed by atoms with Crippen LogP contribution in [0.5, 0.6) is 0 Å². The summed E-state index contributed by atoms with van der Waals surface area (Å²) in [6, 6.07) is 54.4. The van der Waals surface area contributed by atoms with E-state index in [1.165, 1.54) is 32.5 Å². The minimum absolute atomic E-state index is 0. The minimum Gasteiger partial charge on any atom is -1.00 e. The molecule has 0 spiro atoms. The Morgan fingerprint density at radius 3 is 1.16 bits per heavy atom. The Morgan fingerprint density at radius 2 is 0.811 bits per heavy atom. The molecule has 0 aliphatic carbocycles. The second-order valence-corrected chi connectivity index (χ2v) is 12.5. The van der Waals surface area contributed by atoms with Crippen LogP contribution in [0.4, 0.5) is 0 Å². The molecular formula is C33H28BrN2P. The zero-order chi connectivity index (χ0) is 24.3. The molecule has 1 aliphatic heterocycles. The van der Waals surface area contributed by atoms with E-state index in [0.717, 1.165) is 6.42 Å². The highest BCUT2D eigenvalue weighted by atomic mass is 79.9. The Balaban J connectivity index is 0.00000280. The van der Waals surface area contributed by atoms with E-state index in [9.17, 15) is 0 Å². The molecule has 2 nitrogen and oxygen atoms in total. The molecule has 5 aromatic carbocycles. The molecule has 6 rings (SSSR count). The number of nitrogens with one attached hydrogen (secondary N) is 1. The number of hydrazone groups is 1. The summed E-state index contributed by atoms with van der Waals surface area (Å²) in [5, 5.41) is 9.22. The van der Waals surface area contributed by atoms with Crippen molar-refractivity contribution in [3.63, 3.8) is 0 Å². The number of nitrogens with zero attached hydrogens (tertiary/aromatic N) is 1. The van der Waals surface area contributed by atoms with Gasteiger partial charge in [0.25, 0.3) is 0 Å². The van der Waals surface area contributed by atoms with Crippen molar-refractivity contribution >= 4 is 28.6 Å². The Hall–Kier alpha value is -3.52. The summed E-state index contributed by atoms with van der Waals surface area (Å²) in [5.74, 6) is 0. The van der Waals surface area contributed by atoms with Gasteiger partial charge in [-0.3, -0.25) is 5.43 Å². The average Bonchev–Trinajstić information content (AvgIpc) is 3.43. The predicted molar refractivity (Wildman–Crippen MR) is 154 cm³/mol. The summed E-state index contributed by atoms with van der Waals surface area (Å²) in [5.41, 5.74) is 6.91. The lowest BCUT2D eigenvalue weighted by atomic mass is 9.81. The summed E-state index contributed by atoms with van der Waals surface area (Å²) < 4.78 is 0. The highest BCUT2D eigenvalue weighted by molar-refractivity contribution is 8.08. The van der Waals surface area contributed by atoms with Gasteiger partial charge >= 0.3 is 0 Å². The minimum atomic E-state index is -2.23. The van der Waals surface area contributed by atoms with Crippen molar-refractivity contribution in [2.75, 3.05) is 0 Å². The lowest BCUT2D eigenvalue weighted by Gasteiger charge is -2.31. The van der Waals surface area contributed by atoms with Crippen LogP contribution in [0.15, 0.2) is 157 Å². The zero-order valence-electron chi connectivity index (χ0n) is 20.4. The van der Waals surface area contributed by atoms with Gasteiger partial charge in [-0.1, -0.05) is 115 Å². The van der Waals surface area contributed by atoms with Crippen LogP contribution < -0.4 is 38.3 Å². The number of benzene rings is 5. The quantitative estimate of drug-likeness (QED) is 0.316. The van der Waals surface area contributed by atoms with E-state index < -0.39 is 12.8 Å². The van der Waals surface area contributed by atoms with Gasteiger partial charge in [0.15, 0.2) is 12.7 Å². The average molecular weight is 563 g/mol. The van der Waals surface area contributed by atoms with E-state index in [2.05, 4.69) is 157 Å². The summed E-state index contributed by atoms with van der Waals surface area (Å²) in [6.45, 7) is 0. The maximum Gasteiger partial charge on any atom is 0.195 e. The molecule has 37 heavy (non-hydrogen) atoms. The van der Waals surface area contributed by atoms with Crippen LogP contribution in [0.25, 0.3) is 0 Å². The maximum absolute atomic E-state index is 5.26. The fraction of sp³-hybridized carbons (Fsp3) is 0.0606. The van der Waals surface area contributed by atoms with Gasteiger partial charge in [0.1, 0.15) is 21.5 Å². The van der Waals surface area contributed by atoms with Gasteiger partial charge in [0.05, 0.1) is 6.42 Å². The van der Waals surface area contributed by atoms with Crippen LogP contribution in [-0.2, 0) is 5.54 Å². The molecule has 182 valence electrons. The Bertz CT molecular complexity index is 1320. The highest BCUT2D eigenvalue weighted by Gasteiger charge is 2.56. The lowest BCUT2D eigenvalue weighted by molar-refractivity contribution is -0.00000698. The smallest absolute Gasteiger partial charge is 0.195 e. The van der Waals surface area contributed by atoms with Crippen molar-refractivity contribution in [3.05, 3.63) is 163 Å². The SMILES string of the molecule is [Br-].c1ccc(C2(c3ccccc3)CC([P+](c3ccccc3)(c3ccccc3)c3ccccc3)=NN2)cc1. The van der Waals surface area contributed by atoms with E-state index in [-0.39, 0.29) is 17.0 Å². The third-order valence-electron chi connectivity index (χ3n) is 7.15. The summed E-state index contributed by atoms with van der Waals surface area (Å²) in [4.78, 5) is 0. The third kappa shape index (κ3) is 4.33. The monoisotopic (exact) mass is 562 g/mol. The number of rotatable bonds is 6. The van der Waals surface area contributed by atoms with E-state index in [0.29, 0.717) is 0 Å². The van der Waals surface area contributed by atoms with Crippen molar-refractivity contribution in [2.45, 2.75) is 12.0 Å². The topological polar surface area (TPSA) is 24.4 Å². The molecule has 4 heteroatoms. The van der Waals surface area contributed by atoms with Crippen LogP contribution in [0.1, 0.15) is 17.5 Å². The molecule has 0 radical (unpaired) electrons. The van der Waals surface area contributed by atoms with Crippen LogP contribution >= 0.6 is 7.26 Å². The molecule has 0 aromatic heterocycles. The van der Waals surface area contributed by atoms with Crippen LogP contribution in [-0.4, -0.2) is 5.45 Å². The molecule has 0 bridgehead atoms. The normalized spacial score (nSPS) is 14.2. The fourth-order valence-electron chi connectivity index (χ4n) is 5.46. The van der Waals surface area contributed by atoms with Crippen molar-refractivity contribution in [1.29, 1.82) is 0 Å². The molecule has 0 amide bonds. The van der Waals surface area contributed by atoms with Crippen LogP contribution in [0.2, 0.25) is 0 Å². The van der Waals surface area contributed by atoms with Gasteiger partial charge in [-0.25, -0.2) is 0 Å². The first-order chi connectivity index (χ1) is 17.8. The number of hydrogen-bond acceptors (Lipinski definition) is 2. The van der Waals surface area contributed by atoms with E-state index >= 15 is 0 Å². The molecule has 1 aliphatic rings. The Kier molecular flexibility index (Phi) is 7.37. The molecular weight excluding hydrogens is 535 g/mol. The first-order valence-electron chi connectivity index (χ1n) is 12.4. The molecule has 0 saturated heterocycles. The zero-order valence-corrected chi connectivity index (χ0v) is 22.9. The summed E-state index contributed by atoms with van der Waals surface area (Å²) in [6.07, 6.45) is 0.785. The molecule has 1 heterocycles. The van der Waals surface area contributed by atoms with Gasteiger partial charge in [0.2, 0.25) is 0 Å². The summed E-state index contributed by atoms with van der Waals surface area (Å²) in [7, 11) is -2.23. The van der Waals surface area contributed by atoms with Crippen molar-refractivity contribution in [1.82, 2.24) is 5.43 Å². The van der Waals surface area contributed by atoms with Crippen molar-refractivity contribution in [3.8, 4) is 0 Å². The molecule has 5 aromatic rings. The van der Waals surface area contributed by atoms with Gasteiger partial charge in [0, 0.05) is 0 Å². The van der Waals surface area contributed by atoms with Crippen molar-refractivity contribution < 1.29 is 17.0 Å². The molecule has 0 fully saturated rings. The van der Waals surface area contributed by atoms with Gasteiger partial charge in [-0.15, -0.1) is 5.10 Å².